The summed E-state index contributed by atoms with van der Waals surface area (Å²) >= 11 is 0. The predicted octanol–water partition coefficient (Wildman–Crippen LogP) is 1.35. The van der Waals surface area contributed by atoms with Gasteiger partial charge in [-0.1, -0.05) is 27.2 Å². The van der Waals surface area contributed by atoms with Crippen molar-refractivity contribution in [3.63, 3.8) is 0 Å². The van der Waals surface area contributed by atoms with Crippen LogP contribution in [0.3, 0.4) is 0 Å². The topological polar surface area (TPSA) is 58.4 Å². The van der Waals surface area contributed by atoms with Crippen LogP contribution >= 0.6 is 0 Å². The van der Waals surface area contributed by atoms with E-state index in [0.717, 1.165) is 39.0 Å². The summed E-state index contributed by atoms with van der Waals surface area (Å²) in [7, 11) is 0. The van der Waals surface area contributed by atoms with Crippen molar-refractivity contribution in [2.75, 3.05) is 26.2 Å². The quantitative estimate of drug-likeness (QED) is 0.576. The third-order valence-corrected chi connectivity index (χ3v) is 2.99. The van der Waals surface area contributed by atoms with Gasteiger partial charge in [-0.15, -0.1) is 0 Å². The van der Waals surface area contributed by atoms with Gasteiger partial charge in [0, 0.05) is 6.54 Å². The summed E-state index contributed by atoms with van der Waals surface area (Å²) in [6.07, 6.45) is 4.27. The van der Waals surface area contributed by atoms with Gasteiger partial charge in [0.05, 0.1) is 6.04 Å². The van der Waals surface area contributed by atoms with Gasteiger partial charge in [0.1, 0.15) is 0 Å². The number of carbonyl (C=O) groups excluding carboxylic acids is 1. The molecule has 0 heterocycles. The third kappa shape index (κ3) is 8.16. The Hall–Kier alpha value is -0.610. The molecular weight excluding hydrogens is 214 g/mol. The molecule has 0 aromatic rings. The summed E-state index contributed by atoms with van der Waals surface area (Å²) in [5, 5.41) is 3.20. The maximum Gasteiger partial charge on any atom is 0.234 e. The molecule has 1 amide bonds. The molecule has 0 aliphatic carbocycles. The minimum Gasteiger partial charge on any atom is -0.368 e. The fourth-order valence-electron chi connectivity index (χ4n) is 1.78. The third-order valence-electron chi connectivity index (χ3n) is 2.99. The Morgan fingerprint density at radius 1 is 1.24 bits per heavy atom. The van der Waals surface area contributed by atoms with E-state index in [4.69, 9.17) is 5.73 Å². The molecule has 0 radical (unpaired) electrons. The molecule has 1 unspecified atom stereocenters. The van der Waals surface area contributed by atoms with Crippen LogP contribution in [-0.2, 0) is 4.79 Å². The number of nitrogens with two attached hydrogens (primary N) is 1. The van der Waals surface area contributed by atoms with Crippen LogP contribution in [0.1, 0.15) is 46.5 Å². The molecule has 0 bridgehead atoms. The minimum atomic E-state index is -0.231. The summed E-state index contributed by atoms with van der Waals surface area (Å²) in [4.78, 5) is 13.6. The van der Waals surface area contributed by atoms with Gasteiger partial charge in [-0.25, -0.2) is 0 Å². The van der Waals surface area contributed by atoms with Crippen LogP contribution in [0.25, 0.3) is 0 Å². The second-order valence-corrected chi connectivity index (χ2v) is 4.49. The first kappa shape index (κ1) is 16.4. The number of hydrogen-bond acceptors (Lipinski definition) is 3. The summed E-state index contributed by atoms with van der Waals surface area (Å²) in [6, 6.07) is -0.175. The van der Waals surface area contributed by atoms with Gasteiger partial charge in [-0.05, 0) is 38.9 Å². The van der Waals surface area contributed by atoms with Crippen LogP contribution < -0.4 is 11.1 Å². The lowest BCUT2D eigenvalue weighted by atomic mass is 10.1. The number of unbranched alkanes of at least 4 members (excludes halogenated alkanes) is 1. The SMILES string of the molecule is CCCCN(CC)CCC(NCCC)C(N)=O. The first-order chi connectivity index (χ1) is 8.15. The molecule has 0 aromatic carbocycles. The molecular formula is C13H29N3O. The summed E-state index contributed by atoms with van der Waals surface area (Å²) in [5.41, 5.74) is 5.39. The van der Waals surface area contributed by atoms with Crippen molar-refractivity contribution in [1.29, 1.82) is 0 Å². The second kappa shape index (κ2) is 10.5. The van der Waals surface area contributed by atoms with E-state index < -0.39 is 0 Å². The lowest BCUT2D eigenvalue weighted by Crippen LogP contribution is -2.44. The number of carbonyl (C=O) groups is 1. The maximum absolute atomic E-state index is 11.3. The van der Waals surface area contributed by atoms with Crippen LogP contribution in [0.2, 0.25) is 0 Å². The van der Waals surface area contributed by atoms with Crippen LogP contribution in [-0.4, -0.2) is 43.0 Å². The largest absolute Gasteiger partial charge is 0.368 e. The first-order valence-electron chi connectivity index (χ1n) is 6.90. The molecule has 0 rings (SSSR count). The molecule has 17 heavy (non-hydrogen) atoms. The van der Waals surface area contributed by atoms with Crippen molar-refractivity contribution in [1.82, 2.24) is 10.2 Å². The average Bonchev–Trinajstić information content (AvgIpc) is 2.32. The van der Waals surface area contributed by atoms with E-state index in [9.17, 15) is 4.79 Å². The predicted molar refractivity (Wildman–Crippen MR) is 72.9 cm³/mol. The number of primary amides is 1. The Labute approximate surface area is 106 Å². The van der Waals surface area contributed by atoms with Crippen molar-refractivity contribution in [3.8, 4) is 0 Å². The molecule has 102 valence electrons. The maximum atomic E-state index is 11.3. The van der Waals surface area contributed by atoms with Gasteiger partial charge in [0.25, 0.3) is 0 Å². The van der Waals surface area contributed by atoms with Crippen molar-refractivity contribution in [2.24, 2.45) is 5.73 Å². The van der Waals surface area contributed by atoms with Crippen LogP contribution in [0.15, 0.2) is 0 Å². The molecule has 0 saturated carbocycles. The number of hydrogen-bond donors (Lipinski definition) is 2. The summed E-state index contributed by atoms with van der Waals surface area (Å²) < 4.78 is 0. The highest BCUT2D eigenvalue weighted by Gasteiger charge is 2.15. The van der Waals surface area contributed by atoms with Gasteiger partial charge in [0.15, 0.2) is 0 Å². The highest BCUT2D eigenvalue weighted by atomic mass is 16.1. The number of rotatable bonds is 11. The molecule has 1 atom stereocenters. The lowest BCUT2D eigenvalue weighted by Gasteiger charge is -2.23. The zero-order valence-corrected chi connectivity index (χ0v) is 11.7. The summed E-state index contributed by atoms with van der Waals surface area (Å²) in [5.74, 6) is -0.231. The van der Waals surface area contributed by atoms with E-state index in [-0.39, 0.29) is 11.9 Å². The zero-order valence-electron chi connectivity index (χ0n) is 11.7. The molecule has 3 N–H and O–H groups in total. The Morgan fingerprint density at radius 2 is 1.94 bits per heavy atom. The second-order valence-electron chi connectivity index (χ2n) is 4.49. The number of amides is 1. The van der Waals surface area contributed by atoms with Gasteiger partial charge >= 0.3 is 0 Å². The minimum absolute atomic E-state index is 0.175. The van der Waals surface area contributed by atoms with Crippen molar-refractivity contribution in [3.05, 3.63) is 0 Å². The number of nitrogens with one attached hydrogen (secondary N) is 1. The van der Waals surface area contributed by atoms with Crippen LogP contribution in [0, 0.1) is 0 Å². The van der Waals surface area contributed by atoms with Crippen molar-refractivity contribution >= 4 is 5.91 Å². The zero-order chi connectivity index (χ0) is 13.1. The van der Waals surface area contributed by atoms with E-state index in [2.05, 4.69) is 31.0 Å². The molecule has 4 nitrogen and oxygen atoms in total. The van der Waals surface area contributed by atoms with E-state index in [1.807, 2.05) is 0 Å². The molecule has 0 spiro atoms. The fraction of sp³-hybridized carbons (Fsp3) is 0.923. The van der Waals surface area contributed by atoms with E-state index in [1.54, 1.807) is 0 Å². The average molecular weight is 243 g/mol. The fourth-order valence-corrected chi connectivity index (χ4v) is 1.78. The molecule has 0 saturated heterocycles. The molecule has 0 fully saturated rings. The molecule has 0 aromatic heterocycles. The van der Waals surface area contributed by atoms with Crippen LogP contribution in [0.4, 0.5) is 0 Å². The van der Waals surface area contributed by atoms with Gasteiger partial charge in [-0.3, -0.25) is 4.79 Å². The van der Waals surface area contributed by atoms with Crippen LogP contribution in [0.5, 0.6) is 0 Å². The first-order valence-corrected chi connectivity index (χ1v) is 6.90. The Balaban J connectivity index is 3.94. The highest BCUT2D eigenvalue weighted by molar-refractivity contribution is 5.79. The molecule has 0 aliphatic rings. The standard InChI is InChI=1S/C13H29N3O/c1-4-7-10-16(6-3)11-8-12(13(14)17)15-9-5-2/h12,15H,4-11H2,1-3H3,(H2,14,17). The highest BCUT2D eigenvalue weighted by Crippen LogP contribution is 2.00. The van der Waals surface area contributed by atoms with E-state index >= 15 is 0 Å². The van der Waals surface area contributed by atoms with E-state index in [0.29, 0.717) is 0 Å². The van der Waals surface area contributed by atoms with Crippen molar-refractivity contribution < 1.29 is 4.79 Å². The van der Waals surface area contributed by atoms with Crippen molar-refractivity contribution in [2.45, 2.75) is 52.5 Å². The number of nitrogens with zero attached hydrogens (tertiary/aromatic N) is 1. The Kier molecular flexibility index (Phi) is 10.2. The Bertz CT molecular complexity index is 197. The smallest absolute Gasteiger partial charge is 0.234 e. The van der Waals surface area contributed by atoms with Gasteiger partial charge < -0.3 is 16.0 Å². The lowest BCUT2D eigenvalue weighted by molar-refractivity contribution is -0.120. The Morgan fingerprint density at radius 3 is 2.41 bits per heavy atom. The normalized spacial score (nSPS) is 12.9. The van der Waals surface area contributed by atoms with E-state index in [1.165, 1.54) is 12.8 Å². The molecule has 0 aliphatic heterocycles. The van der Waals surface area contributed by atoms with Gasteiger partial charge in [0.2, 0.25) is 5.91 Å². The summed E-state index contributed by atoms with van der Waals surface area (Å²) in [6.45, 7) is 10.4. The van der Waals surface area contributed by atoms with Gasteiger partial charge in [-0.2, -0.15) is 0 Å². The monoisotopic (exact) mass is 243 g/mol. The molecule has 4 heteroatoms.